The minimum atomic E-state index is 0.843. The van der Waals surface area contributed by atoms with Crippen molar-refractivity contribution >= 4 is 0 Å². The Morgan fingerprint density at radius 3 is 2.50 bits per heavy atom. The van der Waals surface area contributed by atoms with Gasteiger partial charge in [-0.1, -0.05) is 42.5 Å². The second-order valence-electron chi connectivity index (χ2n) is 4.65. The molecule has 0 amide bonds. The molecule has 0 spiro atoms. The summed E-state index contributed by atoms with van der Waals surface area (Å²) in [6, 6.07) is 20.7. The van der Waals surface area contributed by atoms with Crippen molar-refractivity contribution in [2.75, 3.05) is 7.05 Å². The van der Waals surface area contributed by atoms with Crippen molar-refractivity contribution in [2.45, 2.75) is 6.54 Å². The number of hydrogen-bond acceptors (Lipinski definition) is 2. The molecule has 3 heteroatoms. The van der Waals surface area contributed by atoms with Crippen LogP contribution in [-0.2, 0) is 6.54 Å². The third-order valence-electron chi connectivity index (χ3n) is 3.30. The van der Waals surface area contributed by atoms with E-state index in [0.717, 1.165) is 17.9 Å². The molecule has 3 nitrogen and oxygen atoms in total. The lowest BCUT2D eigenvalue weighted by Gasteiger charge is -2.11. The van der Waals surface area contributed by atoms with Gasteiger partial charge in [-0.2, -0.15) is 5.10 Å². The van der Waals surface area contributed by atoms with Gasteiger partial charge in [0.05, 0.1) is 17.6 Å². The third-order valence-corrected chi connectivity index (χ3v) is 3.30. The fourth-order valence-electron chi connectivity index (χ4n) is 2.40. The van der Waals surface area contributed by atoms with Crippen LogP contribution in [0.2, 0.25) is 0 Å². The SMILES string of the molecule is CNCc1ccccc1-c1ccnn1-c1ccccc1. The van der Waals surface area contributed by atoms with Crippen LogP contribution in [0.1, 0.15) is 5.56 Å². The van der Waals surface area contributed by atoms with Gasteiger partial charge in [-0.05, 0) is 30.8 Å². The van der Waals surface area contributed by atoms with Gasteiger partial charge in [0, 0.05) is 12.1 Å². The molecule has 0 saturated heterocycles. The van der Waals surface area contributed by atoms with Gasteiger partial charge in [-0.25, -0.2) is 4.68 Å². The maximum atomic E-state index is 4.46. The summed E-state index contributed by atoms with van der Waals surface area (Å²) < 4.78 is 1.98. The first kappa shape index (κ1) is 12.6. The molecule has 0 unspecified atom stereocenters. The minimum Gasteiger partial charge on any atom is -0.316 e. The second kappa shape index (κ2) is 5.72. The summed E-state index contributed by atoms with van der Waals surface area (Å²) in [5, 5.41) is 7.68. The Bertz CT molecular complexity index is 686. The zero-order valence-electron chi connectivity index (χ0n) is 11.5. The van der Waals surface area contributed by atoms with Gasteiger partial charge in [0.2, 0.25) is 0 Å². The number of nitrogens with zero attached hydrogens (tertiary/aromatic N) is 2. The highest BCUT2D eigenvalue weighted by atomic mass is 15.3. The highest BCUT2D eigenvalue weighted by molar-refractivity contribution is 5.65. The Kier molecular flexibility index (Phi) is 3.61. The summed E-state index contributed by atoms with van der Waals surface area (Å²) in [5.41, 5.74) is 4.67. The van der Waals surface area contributed by atoms with Crippen LogP contribution in [0.15, 0.2) is 66.9 Å². The molecule has 1 heterocycles. The number of benzene rings is 2. The molecule has 3 rings (SSSR count). The Morgan fingerprint density at radius 2 is 1.70 bits per heavy atom. The summed E-state index contributed by atoms with van der Waals surface area (Å²) in [6.07, 6.45) is 1.85. The number of hydrogen-bond donors (Lipinski definition) is 1. The molecule has 0 aliphatic carbocycles. The van der Waals surface area contributed by atoms with E-state index < -0.39 is 0 Å². The first-order valence-electron chi connectivity index (χ1n) is 6.72. The van der Waals surface area contributed by atoms with E-state index in [0.29, 0.717) is 0 Å². The van der Waals surface area contributed by atoms with Crippen molar-refractivity contribution in [2.24, 2.45) is 0 Å². The first-order chi connectivity index (χ1) is 9.90. The Labute approximate surface area is 118 Å². The molecule has 0 atom stereocenters. The van der Waals surface area contributed by atoms with E-state index in [1.54, 1.807) is 0 Å². The van der Waals surface area contributed by atoms with Crippen LogP contribution in [-0.4, -0.2) is 16.8 Å². The molecule has 0 fully saturated rings. The monoisotopic (exact) mass is 263 g/mol. The van der Waals surface area contributed by atoms with Gasteiger partial charge in [-0.15, -0.1) is 0 Å². The van der Waals surface area contributed by atoms with Crippen molar-refractivity contribution < 1.29 is 0 Å². The maximum Gasteiger partial charge on any atom is 0.0744 e. The number of rotatable bonds is 4. The van der Waals surface area contributed by atoms with Crippen LogP contribution < -0.4 is 5.32 Å². The lowest BCUT2D eigenvalue weighted by Crippen LogP contribution is -2.07. The van der Waals surface area contributed by atoms with Crippen molar-refractivity contribution in [1.29, 1.82) is 0 Å². The summed E-state index contributed by atoms with van der Waals surface area (Å²) in [7, 11) is 1.96. The fraction of sp³-hybridized carbons (Fsp3) is 0.118. The summed E-state index contributed by atoms with van der Waals surface area (Å²) >= 11 is 0. The topological polar surface area (TPSA) is 29.9 Å². The zero-order chi connectivity index (χ0) is 13.8. The molecule has 0 saturated carbocycles. The van der Waals surface area contributed by atoms with E-state index in [-0.39, 0.29) is 0 Å². The number of nitrogens with one attached hydrogen (secondary N) is 1. The van der Waals surface area contributed by atoms with Gasteiger partial charge in [0.15, 0.2) is 0 Å². The Hall–Kier alpha value is -2.39. The van der Waals surface area contributed by atoms with Crippen molar-refractivity contribution in [3.63, 3.8) is 0 Å². The molecule has 1 N–H and O–H groups in total. The van der Waals surface area contributed by atoms with Crippen molar-refractivity contribution in [1.82, 2.24) is 15.1 Å². The molecule has 2 aromatic carbocycles. The maximum absolute atomic E-state index is 4.46. The quantitative estimate of drug-likeness (QED) is 0.783. The van der Waals surface area contributed by atoms with Gasteiger partial charge in [-0.3, -0.25) is 0 Å². The van der Waals surface area contributed by atoms with E-state index in [2.05, 4.69) is 52.9 Å². The highest BCUT2D eigenvalue weighted by Crippen LogP contribution is 2.25. The van der Waals surface area contributed by atoms with E-state index >= 15 is 0 Å². The summed E-state index contributed by atoms with van der Waals surface area (Å²) in [4.78, 5) is 0. The Balaban J connectivity index is 2.11. The van der Waals surface area contributed by atoms with Gasteiger partial charge < -0.3 is 5.32 Å². The van der Waals surface area contributed by atoms with Gasteiger partial charge in [0.25, 0.3) is 0 Å². The van der Waals surface area contributed by atoms with Crippen LogP contribution in [0.3, 0.4) is 0 Å². The van der Waals surface area contributed by atoms with E-state index in [1.165, 1.54) is 11.1 Å². The largest absolute Gasteiger partial charge is 0.316 e. The van der Waals surface area contributed by atoms with Crippen LogP contribution in [0, 0.1) is 0 Å². The van der Waals surface area contributed by atoms with E-state index in [1.807, 2.05) is 36.1 Å². The number of para-hydroxylation sites is 1. The fourth-order valence-corrected chi connectivity index (χ4v) is 2.40. The minimum absolute atomic E-state index is 0.843. The Morgan fingerprint density at radius 1 is 0.950 bits per heavy atom. The summed E-state index contributed by atoms with van der Waals surface area (Å²) in [5.74, 6) is 0. The first-order valence-corrected chi connectivity index (χ1v) is 6.72. The molecule has 0 radical (unpaired) electrons. The molecule has 100 valence electrons. The molecular formula is C17H17N3. The number of aromatic nitrogens is 2. The lowest BCUT2D eigenvalue weighted by atomic mass is 10.0. The van der Waals surface area contributed by atoms with Crippen LogP contribution in [0.4, 0.5) is 0 Å². The molecule has 0 aliphatic heterocycles. The van der Waals surface area contributed by atoms with Gasteiger partial charge in [0.1, 0.15) is 0 Å². The normalized spacial score (nSPS) is 10.7. The predicted molar refractivity (Wildman–Crippen MR) is 81.8 cm³/mol. The van der Waals surface area contributed by atoms with Crippen molar-refractivity contribution in [3.05, 3.63) is 72.4 Å². The van der Waals surface area contributed by atoms with Crippen LogP contribution in [0.5, 0.6) is 0 Å². The molecule has 0 bridgehead atoms. The molecule has 1 aromatic heterocycles. The standard InChI is InChI=1S/C17H17N3/c1-18-13-14-7-5-6-10-16(14)17-11-12-19-20(17)15-8-3-2-4-9-15/h2-12,18H,13H2,1H3. The molecular weight excluding hydrogens is 246 g/mol. The molecule has 3 aromatic rings. The van der Waals surface area contributed by atoms with Crippen LogP contribution >= 0.6 is 0 Å². The highest BCUT2D eigenvalue weighted by Gasteiger charge is 2.10. The van der Waals surface area contributed by atoms with Gasteiger partial charge >= 0.3 is 0 Å². The average Bonchev–Trinajstić information content (AvgIpc) is 2.98. The smallest absolute Gasteiger partial charge is 0.0744 e. The van der Waals surface area contributed by atoms with Crippen molar-refractivity contribution in [3.8, 4) is 16.9 Å². The predicted octanol–water partition coefficient (Wildman–Crippen LogP) is 3.26. The van der Waals surface area contributed by atoms with E-state index in [9.17, 15) is 0 Å². The summed E-state index contributed by atoms with van der Waals surface area (Å²) in [6.45, 7) is 0.843. The lowest BCUT2D eigenvalue weighted by molar-refractivity contribution is 0.815. The average molecular weight is 263 g/mol. The van der Waals surface area contributed by atoms with E-state index in [4.69, 9.17) is 0 Å². The molecule has 0 aliphatic rings. The zero-order valence-corrected chi connectivity index (χ0v) is 11.5. The van der Waals surface area contributed by atoms with Crippen LogP contribution in [0.25, 0.3) is 16.9 Å². The molecule has 20 heavy (non-hydrogen) atoms. The second-order valence-corrected chi connectivity index (χ2v) is 4.65. The third kappa shape index (κ3) is 2.36.